The van der Waals surface area contributed by atoms with Gasteiger partial charge in [-0.05, 0) is 38.7 Å². The molecule has 2 heteroatoms. The maximum atomic E-state index is 4.81. The largest absolute Gasteiger partial charge is 0.267 e. The van der Waals surface area contributed by atoms with Crippen LogP contribution in [0, 0.1) is 6.92 Å². The van der Waals surface area contributed by atoms with Crippen LogP contribution in [0.3, 0.4) is 0 Å². The fourth-order valence-electron chi connectivity index (χ4n) is 2.79. The molecule has 2 aliphatic carbocycles. The lowest BCUT2D eigenvalue weighted by molar-refractivity contribution is 0.323. The molecule has 82 valence electrons. The Morgan fingerprint density at radius 2 is 1.87 bits per heavy atom. The molecule has 2 aliphatic rings. The van der Waals surface area contributed by atoms with Crippen LogP contribution < -0.4 is 0 Å². The Morgan fingerprint density at radius 3 is 2.53 bits per heavy atom. The van der Waals surface area contributed by atoms with Crippen molar-refractivity contribution < 1.29 is 0 Å². The molecule has 0 saturated heterocycles. The molecule has 0 unspecified atom stereocenters. The van der Waals surface area contributed by atoms with E-state index in [0.29, 0.717) is 6.04 Å². The van der Waals surface area contributed by atoms with Crippen molar-refractivity contribution in [3.8, 4) is 0 Å². The molecule has 0 aromatic carbocycles. The van der Waals surface area contributed by atoms with E-state index < -0.39 is 0 Å². The summed E-state index contributed by atoms with van der Waals surface area (Å²) < 4.78 is 2.31. The van der Waals surface area contributed by atoms with E-state index in [-0.39, 0.29) is 0 Å². The van der Waals surface area contributed by atoms with Crippen LogP contribution in [0.4, 0.5) is 0 Å². The van der Waals surface area contributed by atoms with Crippen molar-refractivity contribution in [1.29, 1.82) is 0 Å². The van der Waals surface area contributed by atoms with Crippen molar-refractivity contribution in [2.24, 2.45) is 0 Å². The molecule has 0 N–H and O–H groups in total. The van der Waals surface area contributed by atoms with Crippen molar-refractivity contribution in [2.45, 2.75) is 63.8 Å². The highest BCUT2D eigenvalue weighted by atomic mass is 15.3. The van der Waals surface area contributed by atoms with Crippen LogP contribution in [0.1, 0.15) is 68.3 Å². The molecule has 1 heterocycles. The summed E-state index contributed by atoms with van der Waals surface area (Å²) in [7, 11) is 0. The zero-order valence-corrected chi connectivity index (χ0v) is 9.58. The second-order valence-corrected chi connectivity index (χ2v) is 5.22. The molecule has 1 aromatic rings. The molecule has 0 radical (unpaired) electrons. The normalized spacial score (nSPS) is 23.3. The van der Waals surface area contributed by atoms with E-state index in [1.165, 1.54) is 56.3 Å². The lowest BCUT2D eigenvalue weighted by atomic mass is 9.95. The van der Waals surface area contributed by atoms with Crippen LogP contribution in [0.5, 0.6) is 0 Å². The first-order chi connectivity index (χ1) is 7.34. The van der Waals surface area contributed by atoms with E-state index in [9.17, 15) is 0 Å². The van der Waals surface area contributed by atoms with Crippen molar-refractivity contribution in [2.75, 3.05) is 0 Å². The molecule has 3 rings (SSSR count). The van der Waals surface area contributed by atoms with Gasteiger partial charge in [0.1, 0.15) is 0 Å². The summed E-state index contributed by atoms with van der Waals surface area (Å²) >= 11 is 0. The molecule has 0 amide bonds. The SMILES string of the molecule is Cc1cc(C2CC2)nn1C1CCCCC1. The van der Waals surface area contributed by atoms with E-state index in [4.69, 9.17) is 5.10 Å². The molecule has 15 heavy (non-hydrogen) atoms. The first-order valence-electron chi connectivity index (χ1n) is 6.40. The van der Waals surface area contributed by atoms with Gasteiger partial charge in [0.15, 0.2) is 0 Å². The van der Waals surface area contributed by atoms with Crippen LogP contribution in [0.25, 0.3) is 0 Å². The maximum Gasteiger partial charge on any atom is 0.0658 e. The predicted octanol–water partition coefficient (Wildman–Crippen LogP) is 3.57. The molecular weight excluding hydrogens is 184 g/mol. The van der Waals surface area contributed by atoms with Crippen molar-refractivity contribution in [3.63, 3.8) is 0 Å². The quantitative estimate of drug-likeness (QED) is 0.720. The second kappa shape index (κ2) is 3.66. The number of aromatic nitrogens is 2. The van der Waals surface area contributed by atoms with Gasteiger partial charge in [0, 0.05) is 11.6 Å². The van der Waals surface area contributed by atoms with Crippen LogP contribution >= 0.6 is 0 Å². The average molecular weight is 204 g/mol. The number of hydrogen-bond donors (Lipinski definition) is 0. The third-order valence-corrected chi connectivity index (χ3v) is 3.86. The number of rotatable bonds is 2. The van der Waals surface area contributed by atoms with E-state index in [1.54, 1.807) is 0 Å². The van der Waals surface area contributed by atoms with E-state index in [2.05, 4.69) is 17.7 Å². The fraction of sp³-hybridized carbons (Fsp3) is 0.769. The van der Waals surface area contributed by atoms with Gasteiger partial charge < -0.3 is 0 Å². The van der Waals surface area contributed by atoms with Gasteiger partial charge in [-0.3, -0.25) is 4.68 Å². The molecule has 0 atom stereocenters. The Morgan fingerprint density at radius 1 is 1.13 bits per heavy atom. The topological polar surface area (TPSA) is 17.8 Å². The molecule has 2 nitrogen and oxygen atoms in total. The number of hydrogen-bond acceptors (Lipinski definition) is 1. The van der Waals surface area contributed by atoms with E-state index in [0.717, 1.165) is 5.92 Å². The zero-order valence-electron chi connectivity index (χ0n) is 9.58. The Labute approximate surface area is 91.7 Å². The molecule has 2 fully saturated rings. The minimum absolute atomic E-state index is 0.700. The molecule has 0 spiro atoms. The highest BCUT2D eigenvalue weighted by molar-refractivity contribution is 5.18. The van der Waals surface area contributed by atoms with Crippen molar-refractivity contribution in [3.05, 3.63) is 17.5 Å². The maximum absolute atomic E-state index is 4.81. The standard InChI is InChI=1S/C13H20N2/c1-10-9-13(11-7-8-11)14-15(10)12-5-3-2-4-6-12/h9,11-12H,2-8H2,1H3. The lowest BCUT2D eigenvalue weighted by Crippen LogP contribution is -2.15. The molecular formula is C13H20N2. The van der Waals surface area contributed by atoms with E-state index >= 15 is 0 Å². The van der Waals surface area contributed by atoms with Gasteiger partial charge in [0.05, 0.1) is 11.7 Å². The molecule has 0 bridgehead atoms. The molecule has 1 aromatic heterocycles. The first-order valence-corrected chi connectivity index (χ1v) is 6.40. The summed E-state index contributed by atoms with van der Waals surface area (Å²) in [6.07, 6.45) is 9.61. The van der Waals surface area contributed by atoms with Crippen LogP contribution in [0.15, 0.2) is 6.07 Å². The zero-order chi connectivity index (χ0) is 10.3. The Balaban J connectivity index is 1.82. The smallest absolute Gasteiger partial charge is 0.0658 e. The summed E-state index contributed by atoms with van der Waals surface area (Å²) in [5.74, 6) is 0.800. The van der Waals surface area contributed by atoms with Crippen molar-refractivity contribution >= 4 is 0 Å². The highest BCUT2D eigenvalue weighted by Gasteiger charge is 2.28. The van der Waals surface area contributed by atoms with E-state index in [1.807, 2.05) is 0 Å². The third kappa shape index (κ3) is 1.82. The number of nitrogens with zero attached hydrogens (tertiary/aromatic N) is 2. The summed E-state index contributed by atoms with van der Waals surface area (Å²) in [5, 5.41) is 4.81. The Hall–Kier alpha value is -0.790. The Bertz CT molecular complexity index is 343. The van der Waals surface area contributed by atoms with Gasteiger partial charge in [-0.2, -0.15) is 5.10 Å². The lowest BCUT2D eigenvalue weighted by Gasteiger charge is -2.23. The third-order valence-electron chi connectivity index (χ3n) is 3.86. The minimum atomic E-state index is 0.700. The average Bonchev–Trinajstić information content (AvgIpc) is 3.04. The molecule has 2 saturated carbocycles. The van der Waals surface area contributed by atoms with Crippen LogP contribution in [0.2, 0.25) is 0 Å². The summed E-state index contributed by atoms with van der Waals surface area (Å²) in [6.45, 7) is 2.22. The first kappa shape index (κ1) is 9.44. The fourth-order valence-corrected chi connectivity index (χ4v) is 2.79. The Kier molecular flexibility index (Phi) is 2.30. The monoisotopic (exact) mass is 204 g/mol. The second-order valence-electron chi connectivity index (χ2n) is 5.22. The van der Waals surface area contributed by atoms with Gasteiger partial charge in [0.2, 0.25) is 0 Å². The summed E-state index contributed by atoms with van der Waals surface area (Å²) in [5.41, 5.74) is 2.74. The van der Waals surface area contributed by atoms with Gasteiger partial charge in [-0.15, -0.1) is 0 Å². The summed E-state index contributed by atoms with van der Waals surface area (Å²) in [4.78, 5) is 0. The minimum Gasteiger partial charge on any atom is -0.267 e. The van der Waals surface area contributed by atoms with Gasteiger partial charge in [-0.25, -0.2) is 0 Å². The number of aryl methyl sites for hydroxylation is 1. The van der Waals surface area contributed by atoms with Gasteiger partial charge in [-0.1, -0.05) is 19.3 Å². The van der Waals surface area contributed by atoms with Gasteiger partial charge >= 0.3 is 0 Å². The predicted molar refractivity (Wildman–Crippen MR) is 61.1 cm³/mol. The van der Waals surface area contributed by atoms with Crippen LogP contribution in [-0.2, 0) is 0 Å². The van der Waals surface area contributed by atoms with Crippen molar-refractivity contribution in [1.82, 2.24) is 9.78 Å². The van der Waals surface area contributed by atoms with Crippen LogP contribution in [-0.4, -0.2) is 9.78 Å². The van der Waals surface area contributed by atoms with Gasteiger partial charge in [0.25, 0.3) is 0 Å². The highest BCUT2D eigenvalue weighted by Crippen LogP contribution is 2.40. The summed E-state index contributed by atoms with van der Waals surface area (Å²) in [6, 6.07) is 3.01. The molecule has 0 aliphatic heterocycles.